The highest BCUT2D eigenvalue weighted by Crippen LogP contribution is 2.38. The number of urea groups is 1. The highest BCUT2D eigenvalue weighted by atomic mass is 16.6. The first kappa shape index (κ1) is 76.0. The monoisotopic (exact) mass is 1310 g/mol. The van der Waals surface area contributed by atoms with Crippen LogP contribution in [0.4, 0.5) is 20.1 Å². The number of carbonyl (C=O) groups is 10. The molecule has 12 atom stereocenters. The average Bonchev–Trinajstić information content (AvgIpc) is 1.78. The van der Waals surface area contributed by atoms with E-state index in [4.69, 9.17) is 29.4 Å². The average molecular weight is 1310 g/mol. The quantitative estimate of drug-likeness (QED) is 0.00950. The number of primary amides is 1. The van der Waals surface area contributed by atoms with Crippen LogP contribution < -0.4 is 32.3 Å². The van der Waals surface area contributed by atoms with Gasteiger partial charge in [0.1, 0.15) is 30.4 Å². The van der Waals surface area contributed by atoms with E-state index in [9.17, 15) is 63.3 Å². The molecule has 27 nitrogen and oxygen atoms in total. The summed E-state index contributed by atoms with van der Waals surface area (Å²) in [7, 11) is 0. The van der Waals surface area contributed by atoms with Gasteiger partial charge in [-0.2, -0.15) is 0 Å². The summed E-state index contributed by atoms with van der Waals surface area (Å²) in [5, 5.41) is 46.0. The normalized spacial score (nSPS) is 24.1. The number of esters is 2. The lowest BCUT2D eigenvalue weighted by atomic mass is 9.88. The Hall–Kier alpha value is -7.72. The van der Waals surface area contributed by atoms with Crippen LogP contribution in [0.25, 0.3) is 0 Å². The number of hydrogen-bond acceptors (Lipinski definition) is 19. The molecule has 2 saturated heterocycles. The maximum Gasteiger partial charge on any atom is 0.410 e. The Morgan fingerprint density at radius 2 is 1.58 bits per heavy atom. The molecule has 27 heteroatoms. The summed E-state index contributed by atoms with van der Waals surface area (Å²) in [6, 6.07) is 3.69. The number of cyclic esters (lactones) is 1. The first-order valence-electron chi connectivity index (χ1n) is 32.3. The molecule has 4 heterocycles. The van der Waals surface area contributed by atoms with Crippen molar-refractivity contribution in [1.29, 1.82) is 0 Å². The van der Waals surface area contributed by atoms with Crippen molar-refractivity contribution in [3.63, 3.8) is 0 Å². The number of allylic oxidation sites excluding steroid dienone is 2. The number of nitrogens with zero attached hydrogens (tertiary/aromatic N) is 3. The van der Waals surface area contributed by atoms with E-state index in [1.165, 1.54) is 24.0 Å². The minimum Gasteiger partial charge on any atom is -0.457 e. The van der Waals surface area contributed by atoms with Gasteiger partial charge in [-0.25, -0.2) is 14.4 Å². The van der Waals surface area contributed by atoms with Crippen LogP contribution in [0.2, 0.25) is 0 Å². The SMILES string of the molecule is CC[C@H](O)[C@@H](C)[C@H]1O[C@@H]1CC(C)(O)/C=C/C=C(\C)C1OC(=O)CC(O)CCC(C)(OC(C)=O)C(OC(=O)N2CCN(CCNC(=O)OCc3ccc(NC(=O)C(CCCNC(N)=O)NC(=O)C(NC(=O)CCCCCN4C(=O)C=CC4=O)C(C)C)cc3)CC2)C=CC1C. The first-order valence-corrected chi connectivity index (χ1v) is 32.3. The van der Waals surface area contributed by atoms with Gasteiger partial charge in [-0.3, -0.25) is 43.4 Å². The highest BCUT2D eigenvalue weighted by molar-refractivity contribution is 6.12. The number of aliphatic hydroxyl groups is 3. The third-order valence-electron chi connectivity index (χ3n) is 16.9. The second-order valence-electron chi connectivity index (χ2n) is 25.3. The Bertz CT molecular complexity index is 2840. The van der Waals surface area contributed by atoms with Crippen LogP contribution in [-0.2, 0) is 63.9 Å². The Morgan fingerprint density at radius 1 is 0.892 bits per heavy atom. The molecule has 0 aliphatic carbocycles. The molecule has 4 aliphatic rings. The summed E-state index contributed by atoms with van der Waals surface area (Å²) in [5.74, 6) is -4.50. The fraction of sp³-hybridized carbons (Fsp3) is 0.636. The zero-order valence-electron chi connectivity index (χ0n) is 55.2. The molecular weight excluding hydrogens is 1210 g/mol. The minimum atomic E-state index is -1.45. The summed E-state index contributed by atoms with van der Waals surface area (Å²) in [6.45, 7) is 17.8. The standard InChI is InChI=1S/C66H99N9O18/c1-10-50(78)44(6)59-51(90-59)39-65(8,88)28-14-16-42(4)58-43(5)19-24-52(66(9,93-45(7)76)29-27-48(77)38-56(82)92-58)91-64(87)74-36-34-73(35-37-74)33-31-69-63(86)89-40-46-20-22-47(23-21-46)70-60(83)49(17-15-30-68-62(67)85)71-61(84)57(41(2)3)72-53(79)18-12-11-13-32-75-54(80)25-26-55(75)81/h14,16,19-26,28,41,43-44,48-52,57-59,77-78,88H,10-13,15,17-18,27,29-40H2,1-9H3,(H,69,86)(H,70,83)(H,71,84)(H,72,79)(H3,67,68,85)/b24-19?,28-14+,42-16+/t43?,44-,48?,49?,50+,51-,52?,57?,58?,59-,65?,66?/m1/s1. The largest absolute Gasteiger partial charge is 0.457 e. The van der Waals surface area contributed by atoms with E-state index in [1.54, 1.807) is 89.3 Å². The van der Waals surface area contributed by atoms with Crippen molar-refractivity contribution in [3.05, 3.63) is 77.9 Å². The number of imide groups is 1. The number of unbranched alkanes of at least 4 members (excludes halogenated alkanes) is 2. The maximum atomic E-state index is 14.0. The van der Waals surface area contributed by atoms with Crippen molar-refractivity contribution in [2.75, 3.05) is 57.7 Å². The number of carbonyl (C=O) groups excluding carboxylic acids is 10. The van der Waals surface area contributed by atoms with E-state index in [0.29, 0.717) is 68.6 Å². The lowest BCUT2D eigenvalue weighted by Gasteiger charge is -2.39. The number of piperazine rings is 1. The first-order chi connectivity index (χ1) is 44.0. The smallest absolute Gasteiger partial charge is 0.410 e. The van der Waals surface area contributed by atoms with Crippen molar-refractivity contribution in [1.82, 2.24) is 36.0 Å². The summed E-state index contributed by atoms with van der Waals surface area (Å²) >= 11 is 0. The number of benzene rings is 1. The molecule has 10 N–H and O–H groups in total. The number of aliphatic hydroxyl groups excluding tert-OH is 2. The minimum absolute atomic E-state index is 0.00545. The summed E-state index contributed by atoms with van der Waals surface area (Å²) < 4.78 is 29.2. The zero-order chi connectivity index (χ0) is 68.6. The van der Waals surface area contributed by atoms with E-state index < -0.39 is 95.6 Å². The molecule has 5 rings (SSSR count). The van der Waals surface area contributed by atoms with Gasteiger partial charge in [-0.1, -0.05) is 77.5 Å². The molecule has 0 aromatic heterocycles. The van der Waals surface area contributed by atoms with Crippen LogP contribution in [-0.4, -0.2) is 202 Å². The number of nitrogens with two attached hydrogens (primary N) is 1. The van der Waals surface area contributed by atoms with Crippen LogP contribution >= 0.6 is 0 Å². The molecule has 93 heavy (non-hydrogen) atoms. The van der Waals surface area contributed by atoms with Crippen molar-refractivity contribution in [3.8, 4) is 0 Å². The molecule has 4 aliphatic heterocycles. The maximum absolute atomic E-state index is 14.0. The van der Waals surface area contributed by atoms with E-state index in [-0.39, 0.29) is 120 Å². The predicted octanol–water partition coefficient (Wildman–Crippen LogP) is 4.32. The van der Waals surface area contributed by atoms with Crippen molar-refractivity contribution >= 4 is 65.4 Å². The topological polar surface area (TPSA) is 377 Å². The van der Waals surface area contributed by atoms with Crippen LogP contribution in [0.3, 0.4) is 0 Å². The zero-order valence-corrected chi connectivity index (χ0v) is 55.2. The van der Waals surface area contributed by atoms with Gasteiger partial charge < -0.3 is 76.2 Å². The number of nitrogens with one attached hydrogen (secondary N) is 5. The van der Waals surface area contributed by atoms with Gasteiger partial charge in [-0.15, -0.1) is 0 Å². The van der Waals surface area contributed by atoms with Crippen LogP contribution in [0, 0.1) is 17.8 Å². The third-order valence-corrected chi connectivity index (χ3v) is 16.9. The summed E-state index contributed by atoms with van der Waals surface area (Å²) in [6.07, 6.45) is 8.08. The Balaban J connectivity index is 1.09. The molecule has 0 spiro atoms. The van der Waals surface area contributed by atoms with Gasteiger partial charge in [0.05, 0.1) is 36.4 Å². The van der Waals surface area contributed by atoms with E-state index in [2.05, 4.69) is 31.5 Å². The fourth-order valence-corrected chi connectivity index (χ4v) is 11.2. The molecule has 1 aromatic rings. The molecule has 9 amide bonds. The molecule has 0 bridgehead atoms. The van der Waals surface area contributed by atoms with Gasteiger partial charge in [-0.05, 0) is 101 Å². The van der Waals surface area contributed by atoms with Crippen LogP contribution in [0.1, 0.15) is 139 Å². The number of alkyl carbamates (subject to hydrolysis) is 1. The summed E-state index contributed by atoms with van der Waals surface area (Å²) in [4.78, 5) is 132. The number of amides is 9. The van der Waals surface area contributed by atoms with Crippen molar-refractivity contribution in [2.45, 2.75) is 199 Å². The lowest BCUT2D eigenvalue weighted by Crippen LogP contribution is -2.54. The fourth-order valence-electron chi connectivity index (χ4n) is 11.2. The van der Waals surface area contributed by atoms with Crippen molar-refractivity contribution < 1.29 is 86.9 Å². The van der Waals surface area contributed by atoms with Crippen LogP contribution in [0.15, 0.2) is 72.4 Å². The lowest BCUT2D eigenvalue weighted by molar-refractivity contribution is -0.168. The predicted molar refractivity (Wildman–Crippen MR) is 342 cm³/mol. The molecule has 0 saturated carbocycles. The molecular formula is C66H99N9O18. The number of anilines is 1. The van der Waals surface area contributed by atoms with Gasteiger partial charge in [0.15, 0.2) is 6.10 Å². The number of epoxide rings is 1. The third kappa shape index (κ3) is 25.6. The molecule has 0 radical (unpaired) electrons. The molecule has 516 valence electrons. The van der Waals surface area contributed by atoms with Gasteiger partial charge in [0.25, 0.3) is 11.8 Å². The number of ether oxygens (including phenoxy) is 5. The van der Waals surface area contributed by atoms with E-state index >= 15 is 0 Å². The Morgan fingerprint density at radius 3 is 2.23 bits per heavy atom. The molecule has 8 unspecified atom stereocenters. The Kier molecular flexibility index (Phi) is 30.0. The van der Waals surface area contributed by atoms with E-state index in [0.717, 1.165) is 4.90 Å². The van der Waals surface area contributed by atoms with Gasteiger partial charge >= 0.3 is 30.2 Å². The number of hydrogen-bond donors (Lipinski definition) is 9. The molecule has 1 aromatic carbocycles. The van der Waals surface area contributed by atoms with Gasteiger partial charge in [0.2, 0.25) is 17.7 Å². The number of rotatable bonds is 31. The Labute approximate surface area is 544 Å². The van der Waals surface area contributed by atoms with Gasteiger partial charge in [0, 0.05) is 102 Å². The second-order valence-corrected chi connectivity index (χ2v) is 25.3. The van der Waals surface area contributed by atoms with E-state index in [1.807, 2.05) is 20.8 Å². The highest BCUT2D eigenvalue weighted by Gasteiger charge is 2.47. The van der Waals surface area contributed by atoms with Crippen molar-refractivity contribution in [2.24, 2.45) is 23.5 Å². The summed E-state index contributed by atoms with van der Waals surface area (Å²) in [5.41, 5.74) is 4.12. The van der Waals surface area contributed by atoms with Crippen LogP contribution in [0.5, 0.6) is 0 Å². The molecule has 2 fully saturated rings. The second kappa shape index (κ2) is 36.7.